The van der Waals surface area contributed by atoms with Gasteiger partial charge in [-0.2, -0.15) is 0 Å². The molecule has 0 rings (SSSR count). The molecule has 0 spiro atoms. The Morgan fingerprint density at radius 3 is 2.38 bits per heavy atom. The van der Waals surface area contributed by atoms with Gasteiger partial charge in [0.05, 0.1) is 1.37 Å². The summed E-state index contributed by atoms with van der Waals surface area (Å²) in [7, 11) is 0. The molecule has 74 valence electrons. The van der Waals surface area contributed by atoms with E-state index in [1.807, 2.05) is 0 Å². The highest BCUT2D eigenvalue weighted by atomic mass is 16.4. The van der Waals surface area contributed by atoms with E-state index in [0.29, 0.717) is 0 Å². The van der Waals surface area contributed by atoms with Gasteiger partial charge in [-0.3, -0.25) is 9.59 Å². The van der Waals surface area contributed by atoms with Crippen molar-refractivity contribution in [2.24, 2.45) is 0 Å². The van der Waals surface area contributed by atoms with Gasteiger partial charge in [0.15, 0.2) is 0 Å². The lowest BCUT2D eigenvalue weighted by atomic mass is 10.1. The molecule has 6 nitrogen and oxygen atoms in total. The fourth-order valence-corrected chi connectivity index (χ4v) is 0.430. The molecule has 13 heavy (non-hydrogen) atoms. The van der Waals surface area contributed by atoms with Crippen molar-refractivity contribution in [1.29, 1.82) is 0 Å². The zero-order chi connectivity index (χ0) is 14.9. The Labute approximate surface area is 81.6 Å². The van der Waals surface area contributed by atoms with E-state index in [0.717, 1.165) is 6.92 Å². The molecular weight excluding hydrogens is 178 g/mol. The predicted octanol–water partition coefficient (Wildman–Crippen LogP) is -0.560. The van der Waals surface area contributed by atoms with Crippen LogP contribution in [-0.2, 0) is 14.4 Å². The van der Waals surface area contributed by atoms with Gasteiger partial charge < -0.3 is 15.5 Å². The fraction of sp³-hybridized carbons (Fsp3) is 0.571. The number of carboxylic acid groups (broad SMARTS) is 2. The third-order valence-corrected chi connectivity index (χ3v) is 0.809. The van der Waals surface area contributed by atoms with Crippen LogP contribution in [0.15, 0.2) is 0 Å². The molecule has 0 heterocycles. The smallest absolute Gasteiger partial charge is 0.326 e. The second kappa shape index (κ2) is 5.13. The first-order chi connectivity index (χ1) is 7.80. The third-order valence-electron chi connectivity index (χ3n) is 0.809. The number of hydrogen-bond donors (Lipinski definition) is 3. The first kappa shape index (κ1) is 5.21. The van der Waals surface area contributed by atoms with Gasteiger partial charge in [-0.25, -0.2) is 4.79 Å². The molecule has 0 aliphatic heterocycles. The monoisotopic (exact) mass is 194 g/mol. The van der Waals surface area contributed by atoms with Crippen molar-refractivity contribution in [3.8, 4) is 0 Å². The minimum atomic E-state index is -3.71. The topological polar surface area (TPSA) is 104 Å². The summed E-state index contributed by atoms with van der Waals surface area (Å²) in [6.07, 6.45) is -7.39. The van der Waals surface area contributed by atoms with Crippen LogP contribution in [0.4, 0.5) is 0 Å². The maximum absolute atomic E-state index is 10.9. The van der Waals surface area contributed by atoms with Crippen molar-refractivity contribution >= 4 is 17.8 Å². The molecule has 0 unspecified atom stereocenters. The summed E-state index contributed by atoms with van der Waals surface area (Å²) >= 11 is 0. The molecule has 0 aromatic carbocycles. The van der Waals surface area contributed by atoms with E-state index < -0.39 is 36.6 Å². The predicted molar refractivity (Wildman–Crippen MR) is 42.1 cm³/mol. The first-order valence-corrected chi connectivity index (χ1v) is 3.06. The van der Waals surface area contributed by atoms with Crippen LogP contribution >= 0.6 is 0 Å². The number of aliphatic carboxylic acids is 2. The lowest BCUT2D eigenvalue weighted by Crippen LogP contribution is -2.39. The van der Waals surface area contributed by atoms with Crippen LogP contribution in [0.3, 0.4) is 0 Å². The van der Waals surface area contributed by atoms with E-state index in [9.17, 15) is 14.4 Å². The van der Waals surface area contributed by atoms with Crippen molar-refractivity contribution in [3.05, 3.63) is 0 Å². The molecular formula is C7H11NO5. The average Bonchev–Trinajstić information content (AvgIpc) is 2.15. The van der Waals surface area contributed by atoms with Crippen LogP contribution in [-0.4, -0.2) is 34.1 Å². The number of hydrogen-bond acceptors (Lipinski definition) is 3. The van der Waals surface area contributed by atoms with E-state index in [1.54, 1.807) is 0 Å². The average molecular weight is 194 g/mol. The molecule has 1 atom stereocenters. The number of amides is 1. The largest absolute Gasteiger partial charge is 0.481 e. The van der Waals surface area contributed by atoms with Crippen LogP contribution in [0, 0.1) is 0 Å². The molecule has 0 saturated heterocycles. The molecule has 0 fully saturated rings. The van der Waals surface area contributed by atoms with Gasteiger partial charge >= 0.3 is 11.9 Å². The van der Waals surface area contributed by atoms with E-state index in [4.69, 9.17) is 17.1 Å². The summed E-state index contributed by atoms with van der Waals surface area (Å²) in [5, 5.41) is 18.7. The molecule has 0 bridgehead atoms. The van der Waals surface area contributed by atoms with Gasteiger partial charge in [0.1, 0.15) is 6.02 Å². The highest BCUT2D eigenvalue weighted by Gasteiger charge is 2.18. The summed E-state index contributed by atoms with van der Waals surface area (Å²) in [4.78, 5) is 32.3. The van der Waals surface area contributed by atoms with Gasteiger partial charge in [-0.1, -0.05) is 0 Å². The van der Waals surface area contributed by atoms with Crippen LogP contribution in [0.25, 0.3) is 0 Å². The van der Waals surface area contributed by atoms with Crippen molar-refractivity contribution in [1.82, 2.24) is 5.32 Å². The highest BCUT2D eigenvalue weighted by molar-refractivity contribution is 5.82. The first-order valence-electron chi connectivity index (χ1n) is 5.56. The minimum Gasteiger partial charge on any atom is -0.481 e. The van der Waals surface area contributed by atoms with Gasteiger partial charge in [-0.15, -0.1) is 0 Å². The maximum atomic E-state index is 10.9. The summed E-state index contributed by atoms with van der Waals surface area (Å²) < 4.78 is 35.9. The SMILES string of the molecule is [2H]C([2H])(C(=O)O)C([2H])([2H])[C@@]([2H])(NC(C)=O)C(=O)O. The Morgan fingerprint density at radius 2 is 2.08 bits per heavy atom. The molecule has 0 aliphatic carbocycles. The van der Waals surface area contributed by atoms with Crippen LogP contribution < -0.4 is 5.32 Å². The lowest BCUT2D eigenvalue weighted by molar-refractivity contribution is -0.142. The second-order valence-electron chi connectivity index (χ2n) is 1.92. The van der Waals surface area contributed by atoms with Crippen molar-refractivity contribution in [2.45, 2.75) is 25.7 Å². The molecule has 1 amide bonds. The number of carboxylic acids is 2. The molecule has 6 heteroatoms. The summed E-state index contributed by atoms with van der Waals surface area (Å²) in [6.45, 7) is 0.790. The van der Waals surface area contributed by atoms with Crippen molar-refractivity contribution in [3.63, 3.8) is 0 Å². The van der Waals surface area contributed by atoms with E-state index in [-0.39, 0.29) is 0 Å². The molecule has 0 aromatic heterocycles. The second-order valence-corrected chi connectivity index (χ2v) is 1.92. The number of carbonyl (C=O) groups excluding carboxylic acids is 1. The Morgan fingerprint density at radius 1 is 1.54 bits per heavy atom. The fourth-order valence-electron chi connectivity index (χ4n) is 0.430. The highest BCUT2D eigenvalue weighted by Crippen LogP contribution is 1.97. The Bertz CT molecular complexity index is 398. The standard InChI is InChI=1S/C7H11NO5/c1-4(9)8-5(7(12)13)2-3-6(10)11/h5H,2-3H2,1H3,(H,8,9)(H,10,11)(H,12,13)/t5-/m1/s1/i2D2,3D2,5D. The molecule has 0 radical (unpaired) electrons. The quantitative estimate of drug-likeness (QED) is 0.544. The van der Waals surface area contributed by atoms with Crippen molar-refractivity contribution in [2.75, 3.05) is 0 Å². The summed E-state index contributed by atoms with van der Waals surface area (Å²) in [5.74, 6) is -5.61. The van der Waals surface area contributed by atoms with Crippen LogP contribution in [0.1, 0.15) is 26.5 Å². The van der Waals surface area contributed by atoms with E-state index in [2.05, 4.69) is 0 Å². The van der Waals surface area contributed by atoms with Gasteiger partial charge in [-0.05, 0) is 6.37 Å². The normalized spacial score (nSPS) is 22.1. The van der Waals surface area contributed by atoms with Gasteiger partial charge in [0.25, 0.3) is 0 Å². The maximum Gasteiger partial charge on any atom is 0.326 e. The third kappa shape index (κ3) is 5.66. The van der Waals surface area contributed by atoms with E-state index >= 15 is 0 Å². The molecule has 3 N–H and O–H groups in total. The zero-order valence-electron chi connectivity index (χ0n) is 11.6. The molecule has 0 saturated carbocycles. The lowest BCUT2D eigenvalue weighted by Gasteiger charge is -2.10. The van der Waals surface area contributed by atoms with Gasteiger partial charge in [0.2, 0.25) is 5.91 Å². The Kier molecular flexibility index (Phi) is 2.05. The summed E-state index contributed by atoms with van der Waals surface area (Å²) in [6, 6.07) is -3.47. The van der Waals surface area contributed by atoms with Crippen LogP contribution in [0.2, 0.25) is 0 Å². The number of rotatable bonds is 5. The Hall–Kier alpha value is -1.59. The number of nitrogens with one attached hydrogen (secondary N) is 1. The zero-order valence-corrected chi connectivity index (χ0v) is 6.62. The van der Waals surface area contributed by atoms with Crippen molar-refractivity contribution < 1.29 is 31.5 Å². The Balaban J connectivity index is 5.84. The van der Waals surface area contributed by atoms with Crippen LogP contribution in [0.5, 0.6) is 0 Å². The molecule has 0 aliphatic rings. The van der Waals surface area contributed by atoms with E-state index in [1.165, 1.54) is 5.32 Å². The minimum absolute atomic E-state index is 0.790. The molecule has 0 aromatic rings. The summed E-state index contributed by atoms with van der Waals surface area (Å²) in [5.41, 5.74) is 0. The van der Waals surface area contributed by atoms with Gasteiger partial charge in [0, 0.05) is 18.8 Å². The number of carbonyl (C=O) groups is 3.